The molecule has 0 bridgehead atoms. The van der Waals surface area contributed by atoms with Crippen molar-refractivity contribution >= 4 is 40.6 Å². The Morgan fingerprint density at radius 1 is 1.26 bits per heavy atom. The molecule has 1 N–H and O–H groups in total. The SMILES string of the molecule is COc1ccc(Cl)cc1NC(=O)N1CCCN1C(=O)Cc1csc(-c2cnccn2)n1. The number of hydrazine groups is 1. The largest absolute Gasteiger partial charge is 0.495 e. The van der Waals surface area contributed by atoms with Crippen LogP contribution in [0.5, 0.6) is 5.75 Å². The van der Waals surface area contributed by atoms with E-state index < -0.39 is 6.03 Å². The van der Waals surface area contributed by atoms with Crippen molar-refractivity contribution in [3.05, 3.63) is 52.9 Å². The van der Waals surface area contributed by atoms with Gasteiger partial charge in [0.25, 0.3) is 0 Å². The van der Waals surface area contributed by atoms with Crippen LogP contribution in [0, 0.1) is 0 Å². The number of hydrogen-bond donors (Lipinski definition) is 1. The van der Waals surface area contributed by atoms with Gasteiger partial charge in [-0.15, -0.1) is 11.3 Å². The van der Waals surface area contributed by atoms with E-state index in [2.05, 4.69) is 20.3 Å². The van der Waals surface area contributed by atoms with Crippen LogP contribution in [0.25, 0.3) is 10.7 Å². The number of thiazole rings is 1. The van der Waals surface area contributed by atoms with Crippen molar-refractivity contribution in [2.45, 2.75) is 12.8 Å². The van der Waals surface area contributed by atoms with Gasteiger partial charge in [0.1, 0.15) is 16.5 Å². The van der Waals surface area contributed by atoms with Crippen LogP contribution in [0.4, 0.5) is 10.5 Å². The average Bonchev–Trinajstić information content (AvgIpc) is 3.44. The predicted octanol–water partition coefficient (Wildman–Crippen LogP) is 3.49. The third-order valence-electron chi connectivity index (χ3n) is 4.62. The molecule has 4 rings (SSSR count). The molecule has 0 saturated carbocycles. The summed E-state index contributed by atoms with van der Waals surface area (Å²) in [5, 5.41) is 8.61. The van der Waals surface area contributed by atoms with E-state index in [1.54, 1.807) is 36.8 Å². The van der Waals surface area contributed by atoms with Gasteiger partial charge in [-0.25, -0.2) is 19.8 Å². The van der Waals surface area contributed by atoms with Crippen molar-refractivity contribution < 1.29 is 14.3 Å². The summed E-state index contributed by atoms with van der Waals surface area (Å²) in [4.78, 5) is 38.5. The summed E-state index contributed by atoms with van der Waals surface area (Å²) >= 11 is 7.43. The Kier molecular flexibility index (Phi) is 6.28. The molecule has 2 aromatic heterocycles. The normalized spacial score (nSPS) is 13.4. The molecule has 1 saturated heterocycles. The van der Waals surface area contributed by atoms with Crippen molar-refractivity contribution in [3.63, 3.8) is 0 Å². The van der Waals surface area contributed by atoms with E-state index in [1.807, 2.05) is 5.38 Å². The highest BCUT2D eigenvalue weighted by Gasteiger charge is 2.31. The van der Waals surface area contributed by atoms with Crippen LogP contribution in [0.2, 0.25) is 5.02 Å². The van der Waals surface area contributed by atoms with E-state index in [-0.39, 0.29) is 12.3 Å². The lowest BCUT2D eigenvalue weighted by atomic mass is 10.3. The van der Waals surface area contributed by atoms with Crippen LogP contribution in [0.1, 0.15) is 12.1 Å². The summed E-state index contributed by atoms with van der Waals surface area (Å²) in [6.07, 6.45) is 5.58. The molecule has 0 radical (unpaired) electrons. The van der Waals surface area contributed by atoms with Crippen molar-refractivity contribution in [2.24, 2.45) is 0 Å². The number of nitrogens with zero attached hydrogens (tertiary/aromatic N) is 5. The smallest absolute Gasteiger partial charge is 0.340 e. The average molecular weight is 459 g/mol. The fraction of sp³-hybridized carbons (Fsp3) is 0.250. The van der Waals surface area contributed by atoms with Crippen LogP contribution in [0.15, 0.2) is 42.2 Å². The van der Waals surface area contributed by atoms with Gasteiger partial charge in [0.2, 0.25) is 5.91 Å². The van der Waals surface area contributed by atoms with Crippen LogP contribution >= 0.6 is 22.9 Å². The molecule has 3 amide bonds. The highest BCUT2D eigenvalue weighted by atomic mass is 35.5. The maximum Gasteiger partial charge on any atom is 0.340 e. The number of hydrogen-bond acceptors (Lipinski definition) is 7. The molecule has 0 atom stereocenters. The highest BCUT2D eigenvalue weighted by molar-refractivity contribution is 7.13. The molecule has 3 heterocycles. The van der Waals surface area contributed by atoms with Gasteiger partial charge < -0.3 is 10.1 Å². The Labute approximate surface area is 187 Å². The second-order valence-corrected chi connectivity index (χ2v) is 7.97. The third kappa shape index (κ3) is 4.75. The highest BCUT2D eigenvalue weighted by Crippen LogP contribution is 2.28. The van der Waals surface area contributed by atoms with Crippen LogP contribution in [0.3, 0.4) is 0 Å². The Morgan fingerprint density at radius 2 is 2.10 bits per heavy atom. The zero-order chi connectivity index (χ0) is 21.8. The first-order chi connectivity index (χ1) is 15.0. The minimum Gasteiger partial charge on any atom is -0.495 e. The summed E-state index contributed by atoms with van der Waals surface area (Å²) in [5.41, 5.74) is 1.72. The predicted molar refractivity (Wildman–Crippen MR) is 117 cm³/mol. The standard InChI is InChI=1S/C20H19ClN6O3S/c1-30-17-4-3-13(21)9-15(17)25-20(29)27-8-2-7-26(27)18(28)10-14-12-31-19(24-14)16-11-22-5-6-23-16/h3-6,9,11-12H,2,7-8,10H2,1H3,(H,25,29). The number of nitrogens with one attached hydrogen (secondary N) is 1. The Balaban J connectivity index is 1.43. The van der Waals surface area contributed by atoms with Crippen LogP contribution < -0.4 is 10.1 Å². The summed E-state index contributed by atoms with van der Waals surface area (Å²) in [6.45, 7) is 0.891. The molecule has 1 aliphatic heterocycles. The van der Waals surface area contributed by atoms with E-state index >= 15 is 0 Å². The summed E-state index contributed by atoms with van der Waals surface area (Å²) in [7, 11) is 1.51. The first-order valence-electron chi connectivity index (χ1n) is 9.48. The van der Waals surface area contributed by atoms with Gasteiger partial charge in [-0.1, -0.05) is 11.6 Å². The number of ether oxygens (including phenoxy) is 1. The topological polar surface area (TPSA) is 101 Å². The molecule has 9 nitrogen and oxygen atoms in total. The number of rotatable bonds is 5. The van der Waals surface area contributed by atoms with Crippen molar-refractivity contribution in [2.75, 3.05) is 25.5 Å². The maximum absolute atomic E-state index is 12.9. The molecule has 0 spiro atoms. The Morgan fingerprint density at radius 3 is 2.87 bits per heavy atom. The molecule has 1 aliphatic rings. The minimum absolute atomic E-state index is 0.0844. The van der Waals surface area contributed by atoms with Crippen molar-refractivity contribution in [3.8, 4) is 16.5 Å². The molecule has 0 aliphatic carbocycles. The molecule has 160 valence electrons. The zero-order valence-corrected chi connectivity index (χ0v) is 18.2. The summed E-state index contributed by atoms with van der Waals surface area (Å²) < 4.78 is 5.27. The van der Waals surface area contributed by atoms with Gasteiger partial charge in [-0.3, -0.25) is 14.8 Å². The first kappa shape index (κ1) is 21.0. The number of methoxy groups -OCH3 is 1. The van der Waals surface area contributed by atoms with Crippen LogP contribution in [-0.4, -0.2) is 57.1 Å². The van der Waals surface area contributed by atoms with E-state index in [0.29, 0.717) is 52.4 Å². The lowest BCUT2D eigenvalue weighted by Crippen LogP contribution is -2.47. The van der Waals surface area contributed by atoms with Gasteiger partial charge in [0.15, 0.2) is 0 Å². The number of aromatic nitrogens is 3. The Hall–Kier alpha value is -3.24. The van der Waals surface area contributed by atoms with Gasteiger partial charge in [0, 0.05) is 35.9 Å². The molecule has 31 heavy (non-hydrogen) atoms. The number of urea groups is 1. The molecule has 3 aromatic rings. The second-order valence-electron chi connectivity index (χ2n) is 6.68. The summed E-state index contributed by atoms with van der Waals surface area (Å²) in [6, 6.07) is 4.51. The molecule has 0 unspecified atom stereocenters. The van der Waals surface area contributed by atoms with Crippen molar-refractivity contribution in [1.82, 2.24) is 25.0 Å². The van der Waals surface area contributed by atoms with E-state index in [9.17, 15) is 9.59 Å². The fourth-order valence-electron chi connectivity index (χ4n) is 3.20. The monoisotopic (exact) mass is 458 g/mol. The summed E-state index contributed by atoms with van der Waals surface area (Å²) in [5.74, 6) is 0.274. The van der Waals surface area contributed by atoms with Crippen molar-refractivity contribution in [1.29, 1.82) is 0 Å². The molecule has 1 aromatic carbocycles. The van der Waals surface area contributed by atoms with E-state index in [0.717, 1.165) is 0 Å². The fourth-order valence-corrected chi connectivity index (χ4v) is 4.15. The lowest BCUT2D eigenvalue weighted by molar-refractivity contribution is -0.139. The number of carbonyl (C=O) groups is 2. The van der Waals surface area contributed by atoms with E-state index in [4.69, 9.17) is 16.3 Å². The first-order valence-corrected chi connectivity index (χ1v) is 10.7. The number of amides is 3. The minimum atomic E-state index is -0.426. The molecular weight excluding hydrogens is 440 g/mol. The number of carbonyl (C=O) groups excluding carboxylic acids is 2. The molecule has 1 fully saturated rings. The van der Waals surface area contributed by atoms with Crippen LogP contribution in [-0.2, 0) is 11.2 Å². The molecule has 11 heteroatoms. The number of anilines is 1. The number of halogens is 1. The third-order valence-corrected chi connectivity index (χ3v) is 5.77. The second kappa shape index (κ2) is 9.27. The van der Waals surface area contributed by atoms with Gasteiger partial charge >= 0.3 is 6.03 Å². The van der Waals surface area contributed by atoms with E-state index in [1.165, 1.54) is 28.5 Å². The Bertz CT molecular complexity index is 1090. The maximum atomic E-state index is 12.9. The number of benzene rings is 1. The van der Waals surface area contributed by atoms with Gasteiger partial charge in [-0.05, 0) is 24.6 Å². The van der Waals surface area contributed by atoms with Gasteiger partial charge in [0.05, 0.1) is 31.1 Å². The quantitative estimate of drug-likeness (QED) is 0.628. The molecular formula is C20H19ClN6O3S. The van der Waals surface area contributed by atoms with Gasteiger partial charge in [-0.2, -0.15) is 0 Å². The lowest BCUT2D eigenvalue weighted by Gasteiger charge is -2.28. The zero-order valence-electron chi connectivity index (χ0n) is 16.6.